The molecule has 0 aromatic carbocycles. The minimum atomic E-state index is -1.39. The van der Waals surface area contributed by atoms with E-state index in [1.165, 1.54) is 6.92 Å². The predicted octanol–water partition coefficient (Wildman–Crippen LogP) is -0.706. The maximum Gasteiger partial charge on any atom is 0.250 e. The largest absolute Gasteiger partial charge is 0.358 e. The number of carbonyl (C=O) groups is 1. The van der Waals surface area contributed by atoms with Crippen LogP contribution in [0, 0.1) is 0 Å². The van der Waals surface area contributed by atoms with E-state index < -0.39 is 5.79 Å². The number of rotatable bonds is 1. The Morgan fingerprint density at radius 1 is 2.00 bits per heavy atom. The third-order valence-electron chi connectivity index (χ3n) is 0.968. The quantitative estimate of drug-likeness (QED) is 0.445. The van der Waals surface area contributed by atoms with Crippen LogP contribution < -0.4 is 0 Å². The van der Waals surface area contributed by atoms with Gasteiger partial charge in [0, 0.05) is 6.92 Å². The van der Waals surface area contributed by atoms with Crippen molar-refractivity contribution in [3.05, 3.63) is 0 Å². The van der Waals surface area contributed by atoms with E-state index in [0.29, 0.717) is 0 Å². The monoisotopic (exact) mass is 102 g/mol. The summed E-state index contributed by atoms with van der Waals surface area (Å²) in [7, 11) is 0. The molecule has 3 nitrogen and oxygen atoms in total. The molecule has 1 rings (SSSR count). The van der Waals surface area contributed by atoms with Crippen LogP contribution in [0.2, 0.25) is 0 Å². The standard InChI is InChI=1S/C4H6O3/c1-3(5)4(6)2-7-4/h6H,2H2,1H3/t4-/m1/s1. The van der Waals surface area contributed by atoms with E-state index in [4.69, 9.17) is 5.11 Å². The van der Waals surface area contributed by atoms with Crippen molar-refractivity contribution in [2.45, 2.75) is 12.7 Å². The van der Waals surface area contributed by atoms with Crippen molar-refractivity contribution < 1.29 is 14.6 Å². The number of hydrogen-bond donors (Lipinski definition) is 1. The van der Waals surface area contributed by atoms with Gasteiger partial charge in [-0.3, -0.25) is 4.79 Å². The van der Waals surface area contributed by atoms with Crippen molar-refractivity contribution in [2.75, 3.05) is 6.61 Å². The van der Waals surface area contributed by atoms with Crippen LogP contribution in [0.1, 0.15) is 6.92 Å². The maximum absolute atomic E-state index is 10.2. The molecule has 1 atom stereocenters. The summed E-state index contributed by atoms with van der Waals surface area (Å²) < 4.78 is 4.36. The first-order chi connectivity index (χ1) is 3.15. The second-order valence-corrected chi connectivity index (χ2v) is 1.63. The molecular weight excluding hydrogens is 96.0 g/mol. The number of epoxide rings is 1. The van der Waals surface area contributed by atoms with Crippen LogP contribution in [0.25, 0.3) is 0 Å². The van der Waals surface area contributed by atoms with E-state index in [2.05, 4.69) is 4.74 Å². The molecule has 1 saturated heterocycles. The zero-order valence-electron chi connectivity index (χ0n) is 3.97. The van der Waals surface area contributed by atoms with Crippen LogP contribution in [-0.4, -0.2) is 23.3 Å². The van der Waals surface area contributed by atoms with Gasteiger partial charge < -0.3 is 9.84 Å². The second kappa shape index (κ2) is 1.05. The Morgan fingerprint density at radius 3 is 2.43 bits per heavy atom. The lowest BCUT2D eigenvalue weighted by molar-refractivity contribution is -0.134. The number of Topliss-reactive ketones (excluding diaryl/α,β-unsaturated/α-hetero) is 1. The fourth-order valence-electron chi connectivity index (χ4n) is 0.272. The molecule has 1 fully saturated rings. The highest BCUT2D eigenvalue weighted by molar-refractivity contribution is 5.85. The van der Waals surface area contributed by atoms with Crippen LogP contribution in [0.4, 0.5) is 0 Å². The van der Waals surface area contributed by atoms with Gasteiger partial charge in [-0.1, -0.05) is 0 Å². The third-order valence-corrected chi connectivity index (χ3v) is 0.968. The molecule has 0 bridgehead atoms. The Kier molecular flexibility index (Phi) is 0.711. The van der Waals surface area contributed by atoms with E-state index in [-0.39, 0.29) is 12.4 Å². The predicted molar refractivity (Wildman–Crippen MR) is 21.6 cm³/mol. The summed E-state index contributed by atoms with van der Waals surface area (Å²) in [5.41, 5.74) is 0. The van der Waals surface area contributed by atoms with E-state index in [1.54, 1.807) is 0 Å². The topological polar surface area (TPSA) is 49.8 Å². The zero-order chi connectivity index (χ0) is 5.49. The molecule has 0 amide bonds. The van der Waals surface area contributed by atoms with Gasteiger partial charge in [-0.15, -0.1) is 0 Å². The lowest BCUT2D eigenvalue weighted by Gasteiger charge is -1.91. The fraction of sp³-hybridized carbons (Fsp3) is 0.750. The van der Waals surface area contributed by atoms with Gasteiger partial charge in [0.1, 0.15) is 6.61 Å². The average Bonchev–Trinajstić information content (AvgIpc) is 2.21. The van der Waals surface area contributed by atoms with E-state index >= 15 is 0 Å². The summed E-state index contributed by atoms with van der Waals surface area (Å²) in [6.45, 7) is 1.47. The molecule has 1 heterocycles. The normalized spacial score (nSPS) is 38.0. The van der Waals surface area contributed by atoms with Gasteiger partial charge in [0.2, 0.25) is 0 Å². The number of carbonyl (C=O) groups excluding carboxylic acids is 1. The second-order valence-electron chi connectivity index (χ2n) is 1.63. The van der Waals surface area contributed by atoms with Crippen molar-refractivity contribution in [1.29, 1.82) is 0 Å². The minimum absolute atomic E-state index is 0.169. The molecule has 0 radical (unpaired) electrons. The molecule has 0 saturated carbocycles. The molecule has 0 spiro atoms. The molecule has 1 aliphatic rings. The summed E-state index contributed by atoms with van der Waals surface area (Å²) in [4.78, 5) is 10.2. The van der Waals surface area contributed by atoms with Gasteiger partial charge in [-0.05, 0) is 0 Å². The first kappa shape index (κ1) is 4.74. The van der Waals surface area contributed by atoms with Gasteiger partial charge >= 0.3 is 0 Å². The Labute approximate surface area is 40.9 Å². The Hall–Kier alpha value is -0.410. The minimum Gasteiger partial charge on any atom is -0.358 e. The van der Waals surface area contributed by atoms with Crippen LogP contribution in [0.15, 0.2) is 0 Å². The Bertz CT molecular complexity index is 104. The zero-order valence-corrected chi connectivity index (χ0v) is 3.97. The van der Waals surface area contributed by atoms with Crippen molar-refractivity contribution in [3.8, 4) is 0 Å². The molecule has 3 heteroatoms. The molecular formula is C4H6O3. The summed E-state index contributed by atoms with van der Waals surface area (Å²) in [6, 6.07) is 0. The molecule has 7 heavy (non-hydrogen) atoms. The van der Waals surface area contributed by atoms with Crippen LogP contribution in [0.5, 0.6) is 0 Å². The maximum atomic E-state index is 10.2. The van der Waals surface area contributed by atoms with Gasteiger partial charge in [-0.2, -0.15) is 0 Å². The van der Waals surface area contributed by atoms with Crippen LogP contribution >= 0.6 is 0 Å². The Balaban J connectivity index is 2.55. The molecule has 1 aliphatic heterocycles. The molecule has 0 aromatic heterocycles. The first-order valence-electron chi connectivity index (χ1n) is 2.02. The highest BCUT2D eigenvalue weighted by atomic mass is 16.7. The first-order valence-corrected chi connectivity index (χ1v) is 2.02. The lowest BCUT2D eigenvalue weighted by Crippen LogP contribution is -2.19. The lowest BCUT2D eigenvalue weighted by atomic mass is 10.3. The smallest absolute Gasteiger partial charge is 0.250 e. The summed E-state index contributed by atoms with van der Waals surface area (Å²) in [5, 5.41) is 8.63. The molecule has 0 unspecified atom stereocenters. The van der Waals surface area contributed by atoms with E-state index in [9.17, 15) is 4.79 Å². The van der Waals surface area contributed by atoms with Crippen molar-refractivity contribution in [2.24, 2.45) is 0 Å². The number of aliphatic hydroxyl groups is 1. The van der Waals surface area contributed by atoms with Crippen molar-refractivity contribution in [1.82, 2.24) is 0 Å². The average molecular weight is 102 g/mol. The molecule has 1 N–H and O–H groups in total. The molecule has 0 aromatic rings. The third kappa shape index (κ3) is 0.642. The SMILES string of the molecule is CC(=O)[C@@]1(O)CO1. The fourth-order valence-corrected chi connectivity index (χ4v) is 0.272. The number of hydrogen-bond acceptors (Lipinski definition) is 3. The van der Waals surface area contributed by atoms with Crippen molar-refractivity contribution >= 4 is 5.78 Å². The Morgan fingerprint density at radius 2 is 2.43 bits per heavy atom. The highest BCUT2D eigenvalue weighted by Crippen LogP contribution is 2.22. The van der Waals surface area contributed by atoms with Crippen molar-refractivity contribution in [3.63, 3.8) is 0 Å². The van der Waals surface area contributed by atoms with E-state index in [0.717, 1.165) is 0 Å². The van der Waals surface area contributed by atoms with Gasteiger partial charge in [0.05, 0.1) is 0 Å². The molecule has 0 aliphatic carbocycles. The van der Waals surface area contributed by atoms with E-state index in [1.807, 2.05) is 0 Å². The van der Waals surface area contributed by atoms with Gasteiger partial charge in [0.15, 0.2) is 5.78 Å². The molecule has 40 valence electrons. The van der Waals surface area contributed by atoms with Crippen LogP contribution in [-0.2, 0) is 9.53 Å². The summed E-state index contributed by atoms with van der Waals surface area (Å²) in [5.74, 6) is -1.70. The number of ketones is 1. The van der Waals surface area contributed by atoms with Gasteiger partial charge in [-0.25, -0.2) is 0 Å². The highest BCUT2D eigenvalue weighted by Gasteiger charge is 2.47. The summed E-state index contributed by atoms with van der Waals surface area (Å²) in [6.07, 6.45) is 0. The number of ether oxygens (including phenoxy) is 1. The van der Waals surface area contributed by atoms with Gasteiger partial charge in [0.25, 0.3) is 5.79 Å². The van der Waals surface area contributed by atoms with Crippen LogP contribution in [0.3, 0.4) is 0 Å². The summed E-state index contributed by atoms with van der Waals surface area (Å²) >= 11 is 0.